The van der Waals surface area contributed by atoms with E-state index in [-0.39, 0.29) is 11.5 Å². The van der Waals surface area contributed by atoms with Gasteiger partial charge in [0.1, 0.15) is 11.6 Å². The van der Waals surface area contributed by atoms with Crippen LogP contribution in [0.3, 0.4) is 0 Å². The Morgan fingerprint density at radius 3 is 2.89 bits per heavy atom. The van der Waals surface area contributed by atoms with E-state index in [1.165, 1.54) is 6.20 Å². The summed E-state index contributed by atoms with van der Waals surface area (Å²) < 4.78 is 10.4. The predicted molar refractivity (Wildman–Crippen MR) is 70.2 cm³/mol. The highest BCUT2D eigenvalue weighted by atomic mass is 16.5. The second kappa shape index (κ2) is 9.36. The van der Waals surface area contributed by atoms with Crippen molar-refractivity contribution in [1.29, 1.82) is 5.26 Å². The Hall–Kier alpha value is -1.58. The number of carbonyl (C=O) groups excluding carboxylic acids is 1. The van der Waals surface area contributed by atoms with E-state index >= 15 is 0 Å². The molecule has 0 spiro atoms. The van der Waals surface area contributed by atoms with Crippen molar-refractivity contribution in [2.24, 2.45) is 0 Å². The van der Waals surface area contributed by atoms with E-state index in [0.717, 1.165) is 6.42 Å². The predicted octanol–water partition coefficient (Wildman–Crippen LogP) is 0.269. The molecule has 1 heterocycles. The molecule has 1 amide bonds. The van der Waals surface area contributed by atoms with E-state index < -0.39 is 0 Å². The van der Waals surface area contributed by atoms with Gasteiger partial charge in [-0.25, -0.2) is 0 Å². The molecule has 0 atom stereocenters. The van der Waals surface area contributed by atoms with E-state index in [0.29, 0.717) is 46.1 Å². The highest BCUT2D eigenvalue weighted by Crippen LogP contribution is 2.03. The number of amides is 1. The van der Waals surface area contributed by atoms with Gasteiger partial charge in [-0.3, -0.25) is 4.79 Å². The summed E-state index contributed by atoms with van der Waals surface area (Å²) in [6, 6.07) is 1.94. The third-order valence-corrected chi connectivity index (χ3v) is 2.71. The van der Waals surface area contributed by atoms with Crippen molar-refractivity contribution in [2.45, 2.75) is 13.3 Å². The summed E-state index contributed by atoms with van der Waals surface area (Å²) in [5.74, 6) is -0.233. The lowest BCUT2D eigenvalue weighted by atomic mass is 10.2. The van der Waals surface area contributed by atoms with E-state index in [4.69, 9.17) is 14.7 Å². The molecule has 0 aromatic heterocycles. The first-order valence-electron chi connectivity index (χ1n) is 6.58. The summed E-state index contributed by atoms with van der Waals surface area (Å²) in [6.45, 7) is 6.16. The van der Waals surface area contributed by atoms with Crippen LogP contribution in [0.5, 0.6) is 0 Å². The van der Waals surface area contributed by atoms with Gasteiger partial charge >= 0.3 is 0 Å². The van der Waals surface area contributed by atoms with Gasteiger partial charge in [0.05, 0.1) is 13.2 Å². The average molecular weight is 267 g/mol. The van der Waals surface area contributed by atoms with Crippen molar-refractivity contribution in [2.75, 3.05) is 46.1 Å². The first kappa shape index (κ1) is 15.5. The first-order valence-corrected chi connectivity index (χ1v) is 6.58. The quantitative estimate of drug-likeness (QED) is 0.407. The van der Waals surface area contributed by atoms with Gasteiger partial charge in [-0.05, 0) is 13.3 Å². The maximum Gasteiger partial charge on any atom is 0.266 e. The van der Waals surface area contributed by atoms with E-state index in [9.17, 15) is 4.79 Å². The molecule has 1 aliphatic heterocycles. The third kappa shape index (κ3) is 5.73. The highest BCUT2D eigenvalue weighted by Gasteiger charge is 2.20. The fourth-order valence-electron chi connectivity index (χ4n) is 1.67. The normalized spacial score (nSPS) is 16.0. The van der Waals surface area contributed by atoms with Crippen LogP contribution in [0.1, 0.15) is 13.3 Å². The van der Waals surface area contributed by atoms with Crippen LogP contribution >= 0.6 is 0 Å². The van der Waals surface area contributed by atoms with Crippen molar-refractivity contribution in [1.82, 2.24) is 10.2 Å². The largest absolute Gasteiger partial charge is 0.390 e. The molecule has 0 unspecified atom stereocenters. The van der Waals surface area contributed by atoms with Crippen LogP contribution < -0.4 is 5.32 Å². The minimum Gasteiger partial charge on any atom is -0.390 e. The fourth-order valence-corrected chi connectivity index (χ4v) is 1.67. The zero-order valence-corrected chi connectivity index (χ0v) is 11.4. The second-order valence-electron chi connectivity index (χ2n) is 4.08. The van der Waals surface area contributed by atoms with E-state index in [1.807, 2.05) is 13.0 Å². The lowest BCUT2D eigenvalue weighted by Crippen LogP contribution is -2.41. The van der Waals surface area contributed by atoms with Gasteiger partial charge < -0.3 is 19.7 Å². The number of nitrogens with zero attached hydrogens (tertiary/aromatic N) is 2. The Balaban J connectivity index is 2.34. The molecule has 6 heteroatoms. The monoisotopic (exact) mass is 267 g/mol. The van der Waals surface area contributed by atoms with Crippen molar-refractivity contribution in [3.8, 4) is 6.07 Å². The maximum absolute atomic E-state index is 12.0. The summed E-state index contributed by atoms with van der Waals surface area (Å²) in [6.07, 6.45) is 2.33. The summed E-state index contributed by atoms with van der Waals surface area (Å²) >= 11 is 0. The Labute approximate surface area is 114 Å². The number of hydrogen-bond acceptors (Lipinski definition) is 5. The zero-order valence-electron chi connectivity index (χ0n) is 11.4. The zero-order chi connectivity index (χ0) is 13.9. The van der Waals surface area contributed by atoms with Gasteiger partial charge in [-0.15, -0.1) is 0 Å². The molecule has 6 nitrogen and oxygen atoms in total. The molecule has 106 valence electrons. The molecule has 0 saturated carbocycles. The molecule has 19 heavy (non-hydrogen) atoms. The van der Waals surface area contributed by atoms with Crippen molar-refractivity contribution in [3.05, 3.63) is 11.8 Å². The van der Waals surface area contributed by atoms with Crippen LogP contribution in [0.25, 0.3) is 0 Å². The molecule has 0 aliphatic carbocycles. The molecule has 1 fully saturated rings. The van der Waals surface area contributed by atoms with Crippen LogP contribution in [0.4, 0.5) is 0 Å². The summed E-state index contributed by atoms with van der Waals surface area (Å²) in [4.78, 5) is 13.6. The van der Waals surface area contributed by atoms with Crippen molar-refractivity contribution >= 4 is 5.91 Å². The lowest BCUT2D eigenvalue weighted by Gasteiger charge is -2.26. The lowest BCUT2D eigenvalue weighted by molar-refractivity contribution is -0.130. The van der Waals surface area contributed by atoms with Gasteiger partial charge in [0.2, 0.25) is 0 Å². The highest BCUT2D eigenvalue weighted by molar-refractivity contribution is 5.97. The minimum absolute atomic E-state index is 0.137. The minimum atomic E-state index is -0.233. The summed E-state index contributed by atoms with van der Waals surface area (Å²) in [7, 11) is 0. The SMILES string of the molecule is CCOCCCN/C=C(/C#N)C(=O)N1CCOCC1. The summed E-state index contributed by atoms with van der Waals surface area (Å²) in [5, 5.41) is 12.0. The Kier molecular flexibility index (Phi) is 7.63. The van der Waals surface area contributed by atoms with Crippen LogP contribution in [-0.2, 0) is 14.3 Å². The average Bonchev–Trinajstić information content (AvgIpc) is 2.47. The topological polar surface area (TPSA) is 74.6 Å². The van der Waals surface area contributed by atoms with Crippen LogP contribution in [0.15, 0.2) is 11.8 Å². The fraction of sp³-hybridized carbons (Fsp3) is 0.692. The molecule has 1 N–H and O–H groups in total. The molecule has 0 aromatic rings. The summed E-state index contributed by atoms with van der Waals surface area (Å²) in [5.41, 5.74) is 0.137. The third-order valence-electron chi connectivity index (χ3n) is 2.71. The molecule has 0 radical (unpaired) electrons. The maximum atomic E-state index is 12.0. The number of rotatable bonds is 7. The van der Waals surface area contributed by atoms with Crippen molar-refractivity contribution in [3.63, 3.8) is 0 Å². The van der Waals surface area contributed by atoms with Crippen LogP contribution in [-0.4, -0.2) is 56.9 Å². The van der Waals surface area contributed by atoms with Gasteiger partial charge in [0.15, 0.2) is 0 Å². The van der Waals surface area contributed by atoms with Gasteiger partial charge in [0.25, 0.3) is 5.91 Å². The number of morpholine rings is 1. The Morgan fingerprint density at radius 2 is 2.26 bits per heavy atom. The molecule has 1 rings (SSSR count). The van der Waals surface area contributed by atoms with Crippen LogP contribution in [0, 0.1) is 11.3 Å². The Bertz CT molecular complexity index is 344. The number of hydrogen-bond donors (Lipinski definition) is 1. The van der Waals surface area contributed by atoms with Gasteiger partial charge in [-0.1, -0.05) is 0 Å². The standard InChI is InChI=1S/C13H21N3O3/c1-2-18-7-3-4-15-11-12(10-14)13(17)16-5-8-19-9-6-16/h11,15H,2-9H2,1H3/b12-11-. The van der Waals surface area contributed by atoms with E-state index in [2.05, 4.69) is 5.32 Å². The number of carbonyl (C=O) groups is 1. The Morgan fingerprint density at radius 1 is 1.53 bits per heavy atom. The van der Waals surface area contributed by atoms with Crippen LogP contribution in [0.2, 0.25) is 0 Å². The number of nitriles is 1. The molecule has 1 saturated heterocycles. The molecular weight excluding hydrogens is 246 g/mol. The molecular formula is C13H21N3O3. The second-order valence-corrected chi connectivity index (χ2v) is 4.08. The van der Waals surface area contributed by atoms with Crippen molar-refractivity contribution < 1.29 is 14.3 Å². The van der Waals surface area contributed by atoms with Gasteiger partial charge in [0, 0.05) is 39.0 Å². The number of nitrogens with one attached hydrogen (secondary N) is 1. The number of ether oxygens (including phenoxy) is 2. The van der Waals surface area contributed by atoms with E-state index in [1.54, 1.807) is 4.90 Å². The molecule has 0 aromatic carbocycles. The first-order chi connectivity index (χ1) is 9.29. The smallest absolute Gasteiger partial charge is 0.266 e. The molecule has 0 bridgehead atoms. The molecule has 1 aliphatic rings. The van der Waals surface area contributed by atoms with Gasteiger partial charge in [-0.2, -0.15) is 5.26 Å².